The van der Waals surface area contributed by atoms with Gasteiger partial charge in [0.05, 0.1) is 0 Å². The van der Waals surface area contributed by atoms with Crippen LogP contribution in [0.2, 0.25) is 0 Å². The van der Waals surface area contributed by atoms with Gasteiger partial charge in [-0.3, -0.25) is 0 Å². The molecule has 0 aromatic carbocycles. The number of hydrogen-bond acceptors (Lipinski definition) is 4. The Morgan fingerprint density at radius 2 is 1.93 bits per heavy atom. The van der Waals surface area contributed by atoms with Crippen LogP contribution >= 0.6 is 24.2 Å². The first-order valence-corrected chi connectivity index (χ1v) is 7.77. The van der Waals surface area contributed by atoms with Crippen LogP contribution in [-0.4, -0.2) is 16.4 Å². The highest BCUT2D eigenvalue weighted by atomic mass is 31.3. The van der Waals surface area contributed by atoms with E-state index in [9.17, 15) is 13.2 Å². The number of halogens is 3. The van der Waals surface area contributed by atoms with E-state index in [1.54, 1.807) is 0 Å². The summed E-state index contributed by atoms with van der Waals surface area (Å²) in [6.45, 7) is 6.73. The molecule has 0 spiro atoms. The molecule has 0 radical (unpaired) electrons. The highest BCUT2D eigenvalue weighted by Crippen LogP contribution is 2.79. The third-order valence-electron chi connectivity index (χ3n) is 1.60. The van der Waals surface area contributed by atoms with E-state index in [1.807, 2.05) is 0 Å². The minimum atomic E-state index is -3.21. The number of rotatable bonds is 3. The molecule has 1 heterocycles. The first kappa shape index (κ1) is 13.3. The molecule has 0 amide bonds. The Morgan fingerprint density at radius 3 is 2.33 bits per heavy atom. The van der Waals surface area contributed by atoms with E-state index >= 15 is 0 Å². The molecule has 15 heavy (non-hydrogen) atoms. The van der Waals surface area contributed by atoms with E-state index in [2.05, 4.69) is 22.2 Å². The fourth-order valence-electron chi connectivity index (χ4n) is 0.817. The standard InChI is InChI=1S/C5H9F3N3OP3/c1-4-15(5-2)9-14(12-3)10(6)13(8)11(15)7/h4-5H,1-2H2,3H3. The van der Waals surface area contributed by atoms with Gasteiger partial charge >= 0.3 is 8.53 Å². The Labute approximate surface area is 88.3 Å². The Balaban J connectivity index is 3.25. The quantitative estimate of drug-likeness (QED) is 0.545. The van der Waals surface area contributed by atoms with Crippen molar-refractivity contribution in [2.24, 2.45) is 4.52 Å². The van der Waals surface area contributed by atoms with Gasteiger partial charge in [-0.15, -0.1) is 8.96 Å². The van der Waals surface area contributed by atoms with Gasteiger partial charge in [0.15, 0.2) is 0 Å². The lowest BCUT2D eigenvalue weighted by atomic mass is 11.2. The monoisotopic (exact) mass is 277 g/mol. The first-order chi connectivity index (χ1) is 7.02. The van der Waals surface area contributed by atoms with E-state index in [0.717, 1.165) is 11.6 Å². The number of nitrogens with zero attached hydrogens (tertiary/aromatic N) is 3. The fourth-order valence-corrected chi connectivity index (χ4v) is 7.24. The van der Waals surface area contributed by atoms with E-state index in [4.69, 9.17) is 0 Å². The van der Waals surface area contributed by atoms with Crippen LogP contribution in [0.3, 0.4) is 0 Å². The zero-order valence-corrected chi connectivity index (χ0v) is 10.5. The van der Waals surface area contributed by atoms with Gasteiger partial charge in [-0.05, 0) is 21.0 Å². The summed E-state index contributed by atoms with van der Waals surface area (Å²) in [6, 6.07) is 0. The maximum atomic E-state index is 13.4. The van der Waals surface area contributed by atoms with Crippen molar-refractivity contribution in [3.63, 3.8) is 0 Å². The molecule has 2 unspecified atom stereocenters. The van der Waals surface area contributed by atoms with Gasteiger partial charge < -0.3 is 4.52 Å². The van der Waals surface area contributed by atoms with Crippen molar-refractivity contribution in [3.05, 3.63) is 24.8 Å². The molecular formula is C5H9F3N3OP3. The fraction of sp³-hybridized carbons (Fsp3) is 0.200. The largest absolute Gasteiger partial charge is 0.327 e. The smallest absolute Gasteiger partial charge is 0.307 e. The molecule has 10 heteroatoms. The summed E-state index contributed by atoms with van der Waals surface area (Å²) < 4.78 is 47.6. The van der Waals surface area contributed by atoms with Crippen molar-refractivity contribution >= 4 is 24.2 Å². The molecule has 0 saturated carbocycles. The molecule has 0 aromatic heterocycles. The minimum Gasteiger partial charge on any atom is -0.327 e. The molecule has 2 atom stereocenters. The molecule has 0 aromatic rings. The molecule has 4 nitrogen and oxygen atoms in total. The van der Waals surface area contributed by atoms with Gasteiger partial charge in [-0.25, -0.2) is 4.52 Å². The van der Waals surface area contributed by atoms with Crippen molar-refractivity contribution in [1.29, 1.82) is 0 Å². The van der Waals surface area contributed by atoms with Crippen molar-refractivity contribution in [2.45, 2.75) is 0 Å². The van der Waals surface area contributed by atoms with Crippen LogP contribution in [0, 0.1) is 0 Å². The average Bonchev–Trinajstić information content (AvgIpc) is 2.27. The van der Waals surface area contributed by atoms with E-state index in [1.165, 1.54) is 7.11 Å². The molecular weight excluding hydrogens is 268 g/mol. The summed E-state index contributed by atoms with van der Waals surface area (Å²) in [4.78, 5) is 0. The highest BCUT2D eigenvalue weighted by molar-refractivity contribution is 7.84. The summed E-state index contributed by atoms with van der Waals surface area (Å²) in [5, 5.41) is 0. The van der Waals surface area contributed by atoms with Crippen molar-refractivity contribution in [3.8, 4) is 0 Å². The Morgan fingerprint density at radius 1 is 1.40 bits per heavy atom. The lowest BCUT2D eigenvalue weighted by Gasteiger charge is -2.34. The Bertz CT molecular complexity index is 316. The molecule has 0 N–H and O–H groups in total. The maximum Gasteiger partial charge on any atom is 0.307 e. The zero-order chi connectivity index (χ0) is 11.6. The third-order valence-corrected chi connectivity index (χ3v) is 8.32. The third kappa shape index (κ3) is 2.19. The van der Waals surface area contributed by atoms with E-state index < -0.39 is 24.2 Å². The van der Waals surface area contributed by atoms with Gasteiger partial charge in [0.25, 0.3) is 8.45 Å². The van der Waals surface area contributed by atoms with E-state index in [0.29, 0.717) is 0 Å². The van der Waals surface area contributed by atoms with Crippen LogP contribution < -0.4 is 0 Å². The molecule has 86 valence electrons. The van der Waals surface area contributed by atoms with Gasteiger partial charge in [0, 0.05) is 7.11 Å². The Hall–Kier alpha value is 0.240. The second-order valence-corrected chi connectivity index (χ2v) is 8.55. The summed E-state index contributed by atoms with van der Waals surface area (Å²) in [6.07, 6.45) is 0. The van der Waals surface area contributed by atoms with E-state index in [-0.39, 0.29) is 9.33 Å². The average molecular weight is 277 g/mol. The van der Waals surface area contributed by atoms with Gasteiger partial charge in [-0.2, -0.15) is 4.20 Å². The van der Waals surface area contributed by atoms with Crippen LogP contribution in [-0.2, 0) is 4.52 Å². The Kier molecular flexibility index (Phi) is 4.48. The molecule has 0 saturated heterocycles. The molecule has 1 aliphatic heterocycles. The van der Waals surface area contributed by atoms with Crippen LogP contribution in [0.1, 0.15) is 0 Å². The molecule has 0 bridgehead atoms. The van der Waals surface area contributed by atoms with Gasteiger partial charge in [0.1, 0.15) is 7.21 Å². The second kappa shape index (κ2) is 5.05. The summed E-state index contributed by atoms with van der Waals surface area (Å²) >= 11 is 0. The molecule has 0 fully saturated rings. The lowest BCUT2D eigenvalue weighted by Crippen LogP contribution is -2.13. The van der Waals surface area contributed by atoms with Crippen molar-refractivity contribution < 1.29 is 17.7 Å². The molecule has 0 aliphatic carbocycles. The van der Waals surface area contributed by atoms with Crippen LogP contribution in [0.25, 0.3) is 0 Å². The van der Waals surface area contributed by atoms with Crippen molar-refractivity contribution in [1.82, 2.24) is 9.33 Å². The lowest BCUT2D eigenvalue weighted by molar-refractivity contribution is 0.186. The summed E-state index contributed by atoms with van der Waals surface area (Å²) in [7, 11) is -7.17. The first-order valence-electron chi connectivity index (χ1n) is 3.63. The SMILES string of the molecule is C=CP1(C=C)=NP(OC)N(F)P(F)N1F. The van der Waals surface area contributed by atoms with Crippen LogP contribution in [0.4, 0.5) is 13.2 Å². The molecule has 1 aliphatic rings. The van der Waals surface area contributed by atoms with Crippen molar-refractivity contribution in [2.75, 3.05) is 7.11 Å². The topological polar surface area (TPSA) is 28.1 Å². The highest BCUT2D eigenvalue weighted by Gasteiger charge is 2.46. The zero-order valence-electron chi connectivity index (χ0n) is 7.79. The predicted octanol–water partition coefficient (Wildman–Crippen LogP) is 4.85. The van der Waals surface area contributed by atoms with Crippen LogP contribution in [0.5, 0.6) is 0 Å². The maximum absolute atomic E-state index is 13.4. The molecule has 1 rings (SSSR count). The summed E-state index contributed by atoms with van der Waals surface area (Å²) in [5.41, 5.74) is 0. The number of hydrogen-bond donors (Lipinski definition) is 0. The van der Waals surface area contributed by atoms with Gasteiger partial charge in [0.2, 0.25) is 0 Å². The van der Waals surface area contributed by atoms with Gasteiger partial charge in [-0.1, -0.05) is 13.2 Å². The predicted molar refractivity (Wildman–Crippen MR) is 57.6 cm³/mol. The summed E-state index contributed by atoms with van der Waals surface area (Å²) in [5.74, 6) is 2.30. The van der Waals surface area contributed by atoms with Crippen LogP contribution in [0.15, 0.2) is 29.3 Å². The normalized spacial score (nSPS) is 32.0. The minimum absolute atomic E-state index is 0.250. The second-order valence-electron chi connectivity index (χ2n) is 2.31.